The van der Waals surface area contributed by atoms with Gasteiger partial charge in [0, 0.05) is 19.6 Å². The number of hydrogen-bond donors (Lipinski definition) is 2. The third kappa shape index (κ3) is 4.38. The summed E-state index contributed by atoms with van der Waals surface area (Å²) in [5, 5.41) is 13.8. The van der Waals surface area contributed by atoms with Crippen molar-refractivity contribution in [3.05, 3.63) is 6.20 Å². The van der Waals surface area contributed by atoms with E-state index in [1.165, 1.54) is 0 Å². The number of ether oxygens (including phenoxy) is 1. The summed E-state index contributed by atoms with van der Waals surface area (Å²) >= 11 is 0. The SMILES string of the molecule is CC.CCOc1nn(C(C)CN2CCC(O)C2)cc1N. The molecule has 1 aromatic rings. The molecule has 1 aliphatic heterocycles. The van der Waals surface area contributed by atoms with Gasteiger partial charge in [0.1, 0.15) is 5.69 Å². The Morgan fingerprint density at radius 3 is 2.80 bits per heavy atom. The normalized spacial score (nSPS) is 20.4. The fraction of sp³-hybridized carbons (Fsp3) is 0.786. The van der Waals surface area contributed by atoms with Gasteiger partial charge in [-0.3, -0.25) is 9.58 Å². The second-order valence-electron chi connectivity index (χ2n) is 4.85. The highest BCUT2D eigenvalue weighted by Gasteiger charge is 2.22. The molecule has 0 aromatic carbocycles. The van der Waals surface area contributed by atoms with Gasteiger partial charge in [-0.15, -0.1) is 5.10 Å². The lowest BCUT2D eigenvalue weighted by Gasteiger charge is -2.20. The van der Waals surface area contributed by atoms with Crippen LogP contribution in [0.25, 0.3) is 0 Å². The first-order valence-corrected chi connectivity index (χ1v) is 7.48. The van der Waals surface area contributed by atoms with Crippen LogP contribution in [0.15, 0.2) is 6.20 Å². The van der Waals surface area contributed by atoms with Crippen molar-refractivity contribution in [1.29, 1.82) is 0 Å². The van der Waals surface area contributed by atoms with Gasteiger partial charge in [0.15, 0.2) is 0 Å². The molecule has 0 radical (unpaired) electrons. The maximum atomic E-state index is 9.50. The van der Waals surface area contributed by atoms with Crippen molar-refractivity contribution < 1.29 is 9.84 Å². The molecule has 6 nitrogen and oxygen atoms in total. The molecular formula is C14H28N4O2. The Morgan fingerprint density at radius 1 is 1.55 bits per heavy atom. The number of rotatable bonds is 5. The number of β-amino-alcohol motifs (C(OH)–C–C–N with tert-alkyl or cyclic N) is 1. The lowest BCUT2D eigenvalue weighted by molar-refractivity contribution is 0.170. The Kier molecular flexibility index (Phi) is 6.81. The fourth-order valence-corrected chi connectivity index (χ4v) is 2.30. The van der Waals surface area contributed by atoms with Crippen molar-refractivity contribution in [1.82, 2.24) is 14.7 Å². The number of aromatic nitrogens is 2. The molecule has 0 spiro atoms. The van der Waals surface area contributed by atoms with Crippen LogP contribution in [-0.2, 0) is 0 Å². The van der Waals surface area contributed by atoms with E-state index in [9.17, 15) is 5.11 Å². The third-order valence-electron chi connectivity index (χ3n) is 3.23. The van der Waals surface area contributed by atoms with Crippen molar-refractivity contribution >= 4 is 5.69 Å². The second kappa shape index (κ2) is 8.11. The molecule has 116 valence electrons. The molecule has 0 aliphatic carbocycles. The Morgan fingerprint density at radius 2 is 2.25 bits per heavy atom. The second-order valence-corrected chi connectivity index (χ2v) is 4.85. The van der Waals surface area contributed by atoms with Gasteiger partial charge in [0.05, 0.1) is 24.9 Å². The van der Waals surface area contributed by atoms with Gasteiger partial charge in [0.2, 0.25) is 0 Å². The molecule has 1 saturated heterocycles. The van der Waals surface area contributed by atoms with E-state index in [0.29, 0.717) is 18.2 Å². The molecule has 1 aromatic heterocycles. The zero-order valence-corrected chi connectivity index (χ0v) is 13.0. The van der Waals surface area contributed by atoms with E-state index in [1.807, 2.05) is 31.6 Å². The predicted molar refractivity (Wildman–Crippen MR) is 80.9 cm³/mol. The van der Waals surface area contributed by atoms with E-state index in [1.54, 1.807) is 0 Å². The van der Waals surface area contributed by atoms with Crippen LogP contribution < -0.4 is 10.5 Å². The number of hydrogen-bond acceptors (Lipinski definition) is 5. The molecule has 3 N–H and O–H groups in total. The molecule has 20 heavy (non-hydrogen) atoms. The van der Waals surface area contributed by atoms with Gasteiger partial charge in [-0.05, 0) is 20.3 Å². The summed E-state index contributed by atoms with van der Waals surface area (Å²) in [7, 11) is 0. The number of nitrogen functional groups attached to an aromatic ring is 1. The molecule has 2 atom stereocenters. The van der Waals surface area contributed by atoms with Crippen LogP contribution in [0.2, 0.25) is 0 Å². The van der Waals surface area contributed by atoms with E-state index in [-0.39, 0.29) is 12.1 Å². The summed E-state index contributed by atoms with van der Waals surface area (Å²) in [4.78, 5) is 2.24. The van der Waals surface area contributed by atoms with E-state index in [2.05, 4.69) is 16.9 Å². The molecule has 6 heteroatoms. The number of aliphatic hydroxyl groups is 1. The third-order valence-corrected chi connectivity index (χ3v) is 3.23. The van der Waals surface area contributed by atoms with Crippen LogP contribution in [-0.4, -0.2) is 52.1 Å². The Hall–Kier alpha value is -1.27. The van der Waals surface area contributed by atoms with E-state index >= 15 is 0 Å². The van der Waals surface area contributed by atoms with Crippen LogP contribution in [0, 0.1) is 0 Å². The van der Waals surface area contributed by atoms with Gasteiger partial charge in [0.25, 0.3) is 5.88 Å². The summed E-state index contributed by atoms with van der Waals surface area (Å²) in [6, 6.07) is 0.215. The number of nitrogens with zero attached hydrogens (tertiary/aromatic N) is 3. The number of anilines is 1. The van der Waals surface area contributed by atoms with E-state index in [0.717, 1.165) is 26.1 Å². The highest BCUT2D eigenvalue weighted by atomic mass is 16.5. The van der Waals surface area contributed by atoms with E-state index < -0.39 is 0 Å². The smallest absolute Gasteiger partial charge is 0.256 e. The molecule has 1 aliphatic rings. The average molecular weight is 284 g/mol. The quantitative estimate of drug-likeness (QED) is 0.857. The minimum atomic E-state index is -0.182. The summed E-state index contributed by atoms with van der Waals surface area (Å²) in [6.07, 6.45) is 2.49. The number of nitrogens with two attached hydrogens (primary N) is 1. The lowest BCUT2D eigenvalue weighted by Crippen LogP contribution is -2.29. The van der Waals surface area contributed by atoms with Crippen LogP contribution in [0.3, 0.4) is 0 Å². The summed E-state index contributed by atoms with van der Waals surface area (Å²) < 4.78 is 7.18. The standard InChI is InChI=1S/C12H22N4O2.C2H6/c1-3-18-12-11(13)8-16(14-12)9(2)6-15-5-4-10(17)7-15;1-2/h8-10,17H,3-7,13H2,1-2H3;1-2H3. The molecular weight excluding hydrogens is 256 g/mol. The minimum absolute atomic E-state index is 0.182. The van der Waals surface area contributed by atoms with Gasteiger partial charge in [-0.25, -0.2) is 0 Å². The number of aliphatic hydroxyl groups excluding tert-OH is 1. The van der Waals surface area contributed by atoms with E-state index in [4.69, 9.17) is 10.5 Å². The van der Waals surface area contributed by atoms with Crippen molar-refractivity contribution in [2.24, 2.45) is 0 Å². The highest BCUT2D eigenvalue weighted by molar-refractivity contribution is 5.45. The van der Waals surface area contributed by atoms with Gasteiger partial charge in [-0.2, -0.15) is 0 Å². The molecule has 2 unspecified atom stereocenters. The van der Waals surface area contributed by atoms with Crippen molar-refractivity contribution in [3.8, 4) is 5.88 Å². The predicted octanol–water partition coefficient (Wildman–Crippen LogP) is 1.52. The molecule has 1 fully saturated rings. The molecule has 0 bridgehead atoms. The van der Waals surface area contributed by atoms with Gasteiger partial charge in [-0.1, -0.05) is 13.8 Å². The maximum absolute atomic E-state index is 9.50. The summed E-state index contributed by atoms with van der Waals surface area (Å²) in [5.74, 6) is 0.505. The first-order chi connectivity index (χ1) is 9.60. The molecule has 2 heterocycles. The van der Waals surface area contributed by atoms with Gasteiger partial charge < -0.3 is 15.6 Å². The Bertz CT molecular complexity index is 395. The number of likely N-dealkylation sites (tertiary alicyclic amines) is 1. The van der Waals surface area contributed by atoms with Crippen LogP contribution in [0.1, 0.15) is 40.2 Å². The summed E-state index contributed by atoms with van der Waals surface area (Å²) in [5.41, 5.74) is 6.41. The Labute approximate surface area is 121 Å². The lowest BCUT2D eigenvalue weighted by atomic mass is 10.3. The van der Waals surface area contributed by atoms with Crippen molar-refractivity contribution in [3.63, 3.8) is 0 Å². The average Bonchev–Trinajstić information content (AvgIpc) is 3.00. The minimum Gasteiger partial charge on any atom is -0.475 e. The fourth-order valence-electron chi connectivity index (χ4n) is 2.30. The topological polar surface area (TPSA) is 76.5 Å². The highest BCUT2D eigenvalue weighted by Crippen LogP contribution is 2.22. The summed E-state index contributed by atoms with van der Waals surface area (Å²) in [6.45, 7) is 11.1. The first-order valence-electron chi connectivity index (χ1n) is 7.48. The van der Waals surface area contributed by atoms with Crippen LogP contribution in [0.4, 0.5) is 5.69 Å². The molecule has 0 saturated carbocycles. The van der Waals surface area contributed by atoms with Crippen molar-refractivity contribution in [2.45, 2.75) is 46.3 Å². The molecule has 0 amide bonds. The molecule has 2 rings (SSSR count). The van der Waals surface area contributed by atoms with Crippen LogP contribution in [0.5, 0.6) is 5.88 Å². The Balaban J connectivity index is 0.000000956. The van der Waals surface area contributed by atoms with Crippen LogP contribution >= 0.6 is 0 Å². The van der Waals surface area contributed by atoms with Gasteiger partial charge >= 0.3 is 0 Å². The first kappa shape index (κ1) is 16.8. The maximum Gasteiger partial charge on any atom is 0.256 e. The zero-order chi connectivity index (χ0) is 15.1. The monoisotopic (exact) mass is 284 g/mol. The van der Waals surface area contributed by atoms with Crippen molar-refractivity contribution in [2.75, 3.05) is 32.0 Å². The largest absolute Gasteiger partial charge is 0.475 e. The zero-order valence-electron chi connectivity index (χ0n) is 13.0.